The van der Waals surface area contributed by atoms with Crippen molar-refractivity contribution in [2.24, 2.45) is 5.92 Å². The highest BCUT2D eigenvalue weighted by Gasteiger charge is 2.36. The number of benzene rings is 2. The summed E-state index contributed by atoms with van der Waals surface area (Å²) in [5, 5.41) is 8.98. The number of rotatable bonds is 6. The summed E-state index contributed by atoms with van der Waals surface area (Å²) in [6.07, 6.45) is 1.20. The number of piperidine rings is 1. The van der Waals surface area contributed by atoms with Gasteiger partial charge in [-0.1, -0.05) is 12.1 Å². The lowest BCUT2D eigenvalue weighted by Gasteiger charge is -2.36. The molecule has 1 amide bonds. The van der Waals surface area contributed by atoms with Crippen LogP contribution in [0.25, 0.3) is 0 Å². The number of nitriles is 1. The first-order chi connectivity index (χ1) is 14.8. The van der Waals surface area contributed by atoms with E-state index >= 15 is 0 Å². The Balaban J connectivity index is 1.76. The van der Waals surface area contributed by atoms with Crippen LogP contribution in [-0.2, 0) is 14.8 Å². The normalized spacial score (nSPS) is 18.2. The van der Waals surface area contributed by atoms with Crippen LogP contribution in [0.4, 0.5) is 4.39 Å². The van der Waals surface area contributed by atoms with Crippen molar-refractivity contribution in [1.29, 1.82) is 5.26 Å². The Morgan fingerprint density at radius 2 is 1.87 bits per heavy atom. The van der Waals surface area contributed by atoms with Crippen LogP contribution in [0.3, 0.4) is 0 Å². The Morgan fingerprint density at radius 1 is 1.23 bits per heavy atom. The highest BCUT2D eigenvalue weighted by Crippen LogP contribution is 2.28. The van der Waals surface area contributed by atoms with Crippen LogP contribution in [0.2, 0.25) is 0 Å². The number of hydrogen-bond acceptors (Lipinski definition) is 4. The summed E-state index contributed by atoms with van der Waals surface area (Å²) in [5.41, 5.74) is 1.47. The third kappa shape index (κ3) is 4.94. The predicted octanol–water partition coefficient (Wildman–Crippen LogP) is 3.71. The lowest BCUT2D eigenvalue weighted by molar-refractivity contribution is -0.138. The van der Waals surface area contributed by atoms with Gasteiger partial charge in [0.05, 0.1) is 28.5 Å². The van der Waals surface area contributed by atoms with Crippen molar-refractivity contribution in [1.82, 2.24) is 9.21 Å². The van der Waals surface area contributed by atoms with Gasteiger partial charge in [0.25, 0.3) is 0 Å². The summed E-state index contributed by atoms with van der Waals surface area (Å²) in [6, 6.07) is 13.8. The maximum atomic E-state index is 13.3. The van der Waals surface area contributed by atoms with E-state index in [1.165, 1.54) is 16.4 Å². The Hall–Kier alpha value is -2.76. The number of carbonyl (C=O) groups excluding carboxylic acids is 1. The maximum Gasteiger partial charge on any atom is 0.243 e. The lowest BCUT2D eigenvalue weighted by Crippen LogP contribution is -2.47. The summed E-state index contributed by atoms with van der Waals surface area (Å²) >= 11 is 0. The first-order valence-electron chi connectivity index (χ1n) is 10.3. The van der Waals surface area contributed by atoms with E-state index in [1.54, 1.807) is 17.0 Å². The van der Waals surface area contributed by atoms with E-state index in [2.05, 4.69) is 6.07 Å². The van der Waals surface area contributed by atoms with Crippen LogP contribution < -0.4 is 0 Å². The molecule has 1 aliphatic rings. The largest absolute Gasteiger partial charge is 0.336 e. The minimum Gasteiger partial charge on any atom is -0.336 e. The molecule has 2 atom stereocenters. The van der Waals surface area contributed by atoms with Gasteiger partial charge in [0.1, 0.15) is 5.82 Å². The number of sulfonamides is 1. The first kappa shape index (κ1) is 22.9. The Kier molecular flexibility index (Phi) is 7.08. The fraction of sp³-hybridized carbons (Fsp3) is 0.391. The van der Waals surface area contributed by atoms with Crippen LogP contribution in [-0.4, -0.2) is 43.2 Å². The number of carbonyl (C=O) groups is 1. The zero-order valence-electron chi connectivity index (χ0n) is 17.7. The highest BCUT2D eigenvalue weighted by molar-refractivity contribution is 7.89. The second-order valence-electron chi connectivity index (χ2n) is 7.69. The second-order valence-corrected chi connectivity index (χ2v) is 9.63. The molecule has 1 fully saturated rings. The molecule has 2 aromatic carbocycles. The standard InChI is InChI=1S/C23H26FN3O3S/c1-3-27(17(2)19-8-6-18(15-25)7-9-19)23(28)20-5-4-14-26(16-20)31(29,30)22-12-10-21(24)11-13-22/h6-13,17,20H,3-5,14,16H2,1-2H3. The van der Waals surface area contributed by atoms with Gasteiger partial charge in [-0.15, -0.1) is 0 Å². The van der Waals surface area contributed by atoms with E-state index < -0.39 is 21.8 Å². The number of hydrogen-bond donors (Lipinski definition) is 0. The third-order valence-corrected chi connectivity index (χ3v) is 7.68. The molecule has 0 N–H and O–H groups in total. The Morgan fingerprint density at radius 3 is 2.45 bits per heavy atom. The molecule has 31 heavy (non-hydrogen) atoms. The summed E-state index contributed by atoms with van der Waals surface area (Å²) < 4.78 is 40.5. The summed E-state index contributed by atoms with van der Waals surface area (Å²) in [6.45, 7) is 4.75. The van der Waals surface area contributed by atoms with Gasteiger partial charge in [-0.25, -0.2) is 12.8 Å². The second kappa shape index (κ2) is 9.58. The molecule has 8 heteroatoms. The Bertz CT molecular complexity index is 1060. The minimum atomic E-state index is -3.79. The number of nitrogens with zero attached hydrogens (tertiary/aromatic N) is 3. The van der Waals surface area contributed by atoms with Gasteiger partial charge in [0.2, 0.25) is 15.9 Å². The molecule has 2 unspecified atom stereocenters. The van der Waals surface area contributed by atoms with E-state index in [9.17, 15) is 17.6 Å². The smallest absolute Gasteiger partial charge is 0.243 e. The highest BCUT2D eigenvalue weighted by atomic mass is 32.2. The number of amides is 1. The maximum absolute atomic E-state index is 13.3. The average Bonchev–Trinajstić information content (AvgIpc) is 2.79. The molecule has 2 aromatic rings. The van der Waals surface area contributed by atoms with Gasteiger partial charge < -0.3 is 4.90 Å². The van der Waals surface area contributed by atoms with E-state index in [4.69, 9.17) is 5.26 Å². The van der Waals surface area contributed by atoms with Crippen LogP contribution in [0, 0.1) is 23.1 Å². The van der Waals surface area contributed by atoms with Crippen LogP contribution >= 0.6 is 0 Å². The zero-order chi connectivity index (χ0) is 22.6. The number of halogens is 1. The van der Waals surface area contributed by atoms with E-state index in [-0.39, 0.29) is 23.4 Å². The van der Waals surface area contributed by atoms with Gasteiger partial charge in [-0.05, 0) is 68.7 Å². The van der Waals surface area contributed by atoms with E-state index in [0.29, 0.717) is 31.5 Å². The summed E-state index contributed by atoms with van der Waals surface area (Å²) in [4.78, 5) is 15.1. The SMILES string of the molecule is CCN(C(=O)C1CCCN(S(=O)(=O)c2ccc(F)cc2)C1)C(C)c1ccc(C#N)cc1. The fourth-order valence-electron chi connectivity index (χ4n) is 3.99. The molecule has 0 saturated carbocycles. The van der Waals surface area contributed by atoms with Crippen molar-refractivity contribution in [2.75, 3.05) is 19.6 Å². The average molecular weight is 444 g/mol. The summed E-state index contributed by atoms with van der Waals surface area (Å²) in [7, 11) is -3.79. The zero-order valence-corrected chi connectivity index (χ0v) is 18.5. The van der Waals surface area contributed by atoms with E-state index in [1.807, 2.05) is 26.0 Å². The minimum absolute atomic E-state index is 0.0281. The van der Waals surface area contributed by atoms with Crippen LogP contribution in [0.1, 0.15) is 43.9 Å². The van der Waals surface area contributed by atoms with Crippen molar-refractivity contribution < 1.29 is 17.6 Å². The summed E-state index contributed by atoms with van der Waals surface area (Å²) in [5.74, 6) is -1.02. The molecule has 6 nitrogen and oxygen atoms in total. The molecule has 3 rings (SSSR count). The molecular weight excluding hydrogens is 417 g/mol. The topological polar surface area (TPSA) is 81.5 Å². The quantitative estimate of drug-likeness (QED) is 0.682. The van der Waals surface area contributed by atoms with Crippen molar-refractivity contribution in [2.45, 2.75) is 37.6 Å². The van der Waals surface area contributed by atoms with Gasteiger partial charge in [0.15, 0.2) is 0 Å². The van der Waals surface area contributed by atoms with Crippen LogP contribution in [0.5, 0.6) is 0 Å². The fourth-order valence-corrected chi connectivity index (χ4v) is 5.51. The Labute approximate surface area is 182 Å². The third-order valence-electron chi connectivity index (χ3n) is 5.80. The molecule has 1 saturated heterocycles. The molecule has 0 aromatic heterocycles. The molecule has 1 aliphatic heterocycles. The molecule has 0 bridgehead atoms. The molecule has 0 spiro atoms. The molecule has 0 radical (unpaired) electrons. The predicted molar refractivity (Wildman–Crippen MR) is 115 cm³/mol. The van der Waals surface area contributed by atoms with Crippen molar-refractivity contribution >= 4 is 15.9 Å². The lowest BCUT2D eigenvalue weighted by atomic mass is 9.96. The van der Waals surface area contributed by atoms with Gasteiger partial charge >= 0.3 is 0 Å². The van der Waals surface area contributed by atoms with E-state index in [0.717, 1.165) is 17.7 Å². The molecule has 1 heterocycles. The van der Waals surface area contributed by atoms with Gasteiger partial charge in [-0.3, -0.25) is 4.79 Å². The van der Waals surface area contributed by atoms with Crippen molar-refractivity contribution in [3.05, 3.63) is 65.5 Å². The molecule has 164 valence electrons. The molecule has 0 aliphatic carbocycles. The monoisotopic (exact) mass is 443 g/mol. The van der Waals surface area contributed by atoms with Gasteiger partial charge in [0, 0.05) is 19.6 Å². The van der Waals surface area contributed by atoms with Gasteiger partial charge in [-0.2, -0.15) is 9.57 Å². The van der Waals surface area contributed by atoms with Crippen molar-refractivity contribution in [3.8, 4) is 6.07 Å². The van der Waals surface area contributed by atoms with Crippen molar-refractivity contribution in [3.63, 3.8) is 0 Å². The molecular formula is C23H26FN3O3S. The first-order valence-corrected chi connectivity index (χ1v) is 11.8. The van der Waals surface area contributed by atoms with Crippen LogP contribution in [0.15, 0.2) is 53.4 Å².